The summed E-state index contributed by atoms with van der Waals surface area (Å²) >= 11 is 3.44. The first-order chi connectivity index (χ1) is 9.81. The fourth-order valence-corrected chi connectivity index (χ4v) is 2.64. The van der Waals surface area contributed by atoms with E-state index in [0.29, 0.717) is 5.56 Å². The van der Waals surface area contributed by atoms with Crippen LogP contribution >= 0.6 is 15.9 Å². The molecule has 21 heavy (non-hydrogen) atoms. The van der Waals surface area contributed by atoms with Crippen molar-refractivity contribution in [2.24, 2.45) is 0 Å². The van der Waals surface area contributed by atoms with E-state index in [0.717, 1.165) is 15.1 Å². The Hall–Kier alpha value is -2.15. The van der Waals surface area contributed by atoms with E-state index in [1.165, 1.54) is 13.1 Å². The van der Waals surface area contributed by atoms with E-state index < -0.39 is 17.8 Å². The third kappa shape index (κ3) is 2.97. The van der Waals surface area contributed by atoms with Crippen LogP contribution in [0.4, 0.5) is 10.5 Å². The Kier molecular flexibility index (Phi) is 4.13. The van der Waals surface area contributed by atoms with Gasteiger partial charge in [-0.05, 0) is 39.7 Å². The number of amides is 4. The summed E-state index contributed by atoms with van der Waals surface area (Å²) in [6, 6.07) is 4.76. The summed E-state index contributed by atoms with van der Waals surface area (Å²) in [6.45, 7) is 0. The van der Waals surface area contributed by atoms with Crippen molar-refractivity contribution < 1.29 is 14.4 Å². The zero-order chi connectivity index (χ0) is 15.7. The molecule has 6 nitrogen and oxygen atoms in total. The number of nitrogens with zero attached hydrogens (tertiary/aromatic N) is 2. The summed E-state index contributed by atoms with van der Waals surface area (Å²) in [5.74, 6) is -1.30. The SMILES string of the molecule is CN1C(=O)NC(=O)C(=Cc2ccc(N(C)C)c(Br)c2)C1=O. The molecule has 0 aromatic heterocycles. The Morgan fingerprint density at radius 3 is 2.48 bits per heavy atom. The molecule has 1 heterocycles. The van der Waals surface area contributed by atoms with Gasteiger partial charge in [0.05, 0.1) is 5.69 Å². The molecule has 0 spiro atoms. The minimum absolute atomic E-state index is 0.0680. The number of benzene rings is 1. The highest BCUT2D eigenvalue weighted by atomic mass is 79.9. The Bertz CT molecular complexity index is 667. The lowest BCUT2D eigenvalue weighted by Crippen LogP contribution is -2.52. The lowest BCUT2D eigenvalue weighted by atomic mass is 10.1. The molecule has 1 N–H and O–H groups in total. The van der Waals surface area contributed by atoms with Gasteiger partial charge in [0, 0.05) is 25.6 Å². The number of hydrogen-bond acceptors (Lipinski definition) is 4. The van der Waals surface area contributed by atoms with Crippen molar-refractivity contribution in [2.45, 2.75) is 0 Å². The number of barbiturate groups is 1. The van der Waals surface area contributed by atoms with E-state index in [9.17, 15) is 14.4 Å². The van der Waals surface area contributed by atoms with E-state index in [4.69, 9.17) is 0 Å². The van der Waals surface area contributed by atoms with E-state index in [-0.39, 0.29) is 5.57 Å². The summed E-state index contributed by atoms with van der Waals surface area (Å²) in [7, 11) is 5.15. The number of anilines is 1. The van der Waals surface area contributed by atoms with Crippen molar-refractivity contribution in [2.75, 3.05) is 26.0 Å². The molecule has 0 saturated carbocycles. The molecule has 0 radical (unpaired) electrons. The first-order valence-corrected chi connectivity index (χ1v) is 6.92. The first kappa shape index (κ1) is 15.2. The van der Waals surface area contributed by atoms with Crippen molar-refractivity contribution in [1.82, 2.24) is 10.2 Å². The molecule has 1 aliphatic rings. The molecule has 4 amide bonds. The maximum absolute atomic E-state index is 12.0. The highest BCUT2D eigenvalue weighted by Gasteiger charge is 2.32. The molecule has 1 aromatic rings. The van der Waals surface area contributed by atoms with Crippen LogP contribution in [0.15, 0.2) is 28.2 Å². The number of halogens is 1. The summed E-state index contributed by atoms with van der Waals surface area (Å²) in [6.07, 6.45) is 1.46. The lowest BCUT2D eigenvalue weighted by Gasteiger charge is -2.22. The first-order valence-electron chi connectivity index (χ1n) is 6.13. The van der Waals surface area contributed by atoms with Gasteiger partial charge in [0.15, 0.2) is 0 Å². The van der Waals surface area contributed by atoms with Gasteiger partial charge in [0.2, 0.25) is 0 Å². The highest BCUT2D eigenvalue weighted by molar-refractivity contribution is 9.10. The third-order valence-electron chi connectivity index (χ3n) is 3.07. The molecule has 110 valence electrons. The standard InChI is InChI=1S/C14H14BrN3O3/c1-17(2)11-5-4-8(7-10(11)15)6-9-12(19)16-14(21)18(3)13(9)20/h4-7H,1-3H3,(H,16,19,21). The Morgan fingerprint density at radius 2 is 1.90 bits per heavy atom. The van der Waals surface area contributed by atoms with Crippen LogP contribution in [-0.2, 0) is 9.59 Å². The van der Waals surface area contributed by atoms with E-state index in [2.05, 4.69) is 21.2 Å². The number of likely N-dealkylation sites (N-methyl/N-ethyl adjacent to an activating group) is 1. The van der Waals surface area contributed by atoms with Gasteiger partial charge in [0.25, 0.3) is 11.8 Å². The smallest absolute Gasteiger partial charge is 0.331 e. The topological polar surface area (TPSA) is 69.7 Å². The molecule has 0 unspecified atom stereocenters. The molecule has 1 aromatic carbocycles. The molecule has 0 bridgehead atoms. The van der Waals surface area contributed by atoms with E-state index >= 15 is 0 Å². The van der Waals surface area contributed by atoms with Gasteiger partial charge in [-0.2, -0.15) is 0 Å². The van der Waals surface area contributed by atoms with Crippen LogP contribution in [0.1, 0.15) is 5.56 Å². The molecule has 0 aliphatic carbocycles. The maximum Gasteiger partial charge on any atom is 0.331 e. The Balaban J connectivity index is 2.39. The van der Waals surface area contributed by atoms with Gasteiger partial charge >= 0.3 is 6.03 Å². The molecule has 1 saturated heterocycles. The summed E-state index contributed by atoms with van der Waals surface area (Å²) in [5, 5.41) is 2.11. The molecule has 7 heteroatoms. The average molecular weight is 352 g/mol. The van der Waals surface area contributed by atoms with Gasteiger partial charge in [-0.25, -0.2) is 4.79 Å². The predicted octanol–water partition coefficient (Wildman–Crippen LogP) is 1.61. The molecule has 0 atom stereocenters. The molecule has 2 rings (SSSR count). The highest BCUT2D eigenvalue weighted by Crippen LogP contribution is 2.27. The van der Waals surface area contributed by atoms with E-state index in [1.54, 1.807) is 12.1 Å². The van der Waals surface area contributed by atoms with Crippen molar-refractivity contribution in [3.05, 3.63) is 33.8 Å². The summed E-state index contributed by atoms with van der Waals surface area (Å²) in [4.78, 5) is 37.9. The van der Waals surface area contributed by atoms with Gasteiger partial charge in [0.1, 0.15) is 5.57 Å². The van der Waals surface area contributed by atoms with Crippen molar-refractivity contribution in [3.8, 4) is 0 Å². The zero-order valence-corrected chi connectivity index (χ0v) is 13.4. The number of nitrogens with one attached hydrogen (secondary N) is 1. The zero-order valence-electron chi connectivity index (χ0n) is 11.8. The minimum Gasteiger partial charge on any atom is -0.377 e. The summed E-state index contributed by atoms with van der Waals surface area (Å²) in [5.41, 5.74) is 1.60. The average Bonchev–Trinajstić information content (AvgIpc) is 2.41. The third-order valence-corrected chi connectivity index (χ3v) is 3.70. The van der Waals surface area contributed by atoms with Crippen LogP contribution in [0.2, 0.25) is 0 Å². The Morgan fingerprint density at radius 1 is 1.24 bits per heavy atom. The summed E-state index contributed by atoms with van der Waals surface area (Å²) < 4.78 is 0.843. The van der Waals surface area contributed by atoms with Crippen LogP contribution in [-0.4, -0.2) is 43.9 Å². The number of urea groups is 1. The lowest BCUT2D eigenvalue weighted by molar-refractivity contribution is -0.129. The van der Waals surface area contributed by atoms with Crippen LogP contribution in [0.5, 0.6) is 0 Å². The second-order valence-electron chi connectivity index (χ2n) is 4.79. The Labute approximate surface area is 130 Å². The van der Waals surface area contributed by atoms with Crippen LogP contribution < -0.4 is 10.2 Å². The van der Waals surface area contributed by atoms with Crippen molar-refractivity contribution >= 4 is 45.5 Å². The fraction of sp³-hybridized carbons (Fsp3) is 0.214. The van der Waals surface area contributed by atoms with E-state index in [1.807, 2.05) is 25.1 Å². The molecular formula is C14H14BrN3O3. The van der Waals surface area contributed by atoms with Crippen molar-refractivity contribution in [1.29, 1.82) is 0 Å². The number of carbonyl (C=O) groups is 3. The second-order valence-corrected chi connectivity index (χ2v) is 5.64. The monoisotopic (exact) mass is 351 g/mol. The van der Waals surface area contributed by atoms with Crippen LogP contribution in [0.3, 0.4) is 0 Å². The van der Waals surface area contributed by atoms with Gasteiger partial charge < -0.3 is 4.90 Å². The van der Waals surface area contributed by atoms with Gasteiger partial charge in [-0.1, -0.05) is 6.07 Å². The number of rotatable bonds is 2. The predicted molar refractivity (Wildman–Crippen MR) is 82.8 cm³/mol. The molecular weight excluding hydrogens is 338 g/mol. The number of carbonyl (C=O) groups excluding carboxylic acids is 3. The fourth-order valence-electron chi connectivity index (χ4n) is 1.89. The van der Waals surface area contributed by atoms with Gasteiger partial charge in [-0.15, -0.1) is 0 Å². The molecule has 1 aliphatic heterocycles. The number of hydrogen-bond donors (Lipinski definition) is 1. The van der Waals surface area contributed by atoms with Crippen LogP contribution in [0, 0.1) is 0 Å². The molecule has 1 fully saturated rings. The maximum atomic E-state index is 12.0. The number of imide groups is 2. The van der Waals surface area contributed by atoms with Crippen LogP contribution in [0.25, 0.3) is 6.08 Å². The quantitative estimate of drug-likeness (QED) is 0.649. The van der Waals surface area contributed by atoms with Crippen molar-refractivity contribution in [3.63, 3.8) is 0 Å². The van der Waals surface area contributed by atoms with Gasteiger partial charge in [-0.3, -0.25) is 19.8 Å². The normalized spacial score (nSPS) is 17.2. The largest absolute Gasteiger partial charge is 0.377 e. The second kappa shape index (κ2) is 5.69. The minimum atomic E-state index is -0.716.